The third-order valence-corrected chi connectivity index (χ3v) is 3.20. The minimum absolute atomic E-state index is 0.0772. The van der Waals surface area contributed by atoms with Crippen LogP contribution in [0.4, 0.5) is 8.78 Å². The molecule has 1 amide bonds. The molecule has 0 aromatic carbocycles. The van der Waals surface area contributed by atoms with Crippen LogP contribution in [-0.4, -0.2) is 32.0 Å². The largest absolute Gasteiger partial charge is 0.354 e. The Bertz CT molecular complexity index is 640. The Morgan fingerprint density at radius 2 is 2.27 bits per heavy atom. The third kappa shape index (κ3) is 4.52. The maximum Gasteiger partial charge on any atom is 0.282 e. The van der Waals surface area contributed by atoms with Crippen molar-refractivity contribution < 1.29 is 13.6 Å². The van der Waals surface area contributed by atoms with E-state index in [1.165, 1.54) is 10.7 Å². The molecule has 2 heterocycles. The van der Waals surface area contributed by atoms with Gasteiger partial charge in [-0.25, -0.2) is 8.78 Å². The molecule has 0 spiro atoms. The van der Waals surface area contributed by atoms with E-state index in [1.807, 2.05) is 0 Å². The molecule has 1 N–H and O–H groups in total. The van der Waals surface area contributed by atoms with Crippen LogP contribution in [0.2, 0.25) is 5.02 Å². The van der Waals surface area contributed by atoms with E-state index >= 15 is 0 Å². The van der Waals surface area contributed by atoms with Crippen LogP contribution in [0, 0.1) is 6.92 Å². The van der Waals surface area contributed by atoms with Gasteiger partial charge < -0.3 is 5.32 Å². The highest BCUT2D eigenvalue weighted by atomic mass is 35.5. The second-order valence-corrected chi connectivity index (χ2v) is 5.23. The van der Waals surface area contributed by atoms with Gasteiger partial charge in [0.2, 0.25) is 5.91 Å². The van der Waals surface area contributed by atoms with Gasteiger partial charge in [-0.15, -0.1) is 0 Å². The van der Waals surface area contributed by atoms with Crippen LogP contribution in [0.3, 0.4) is 0 Å². The van der Waals surface area contributed by atoms with Crippen LogP contribution in [0.5, 0.6) is 0 Å². The van der Waals surface area contributed by atoms with Gasteiger partial charge in [-0.2, -0.15) is 10.2 Å². The molecular weight excluding hydrogens is 316 g/mol. The van der Waals surface area contributed by atoms with Crippen molar-refractivity contribution in [1.29, 1.82) is 0 Å². The zero-order valence-corrected chi connectivity index (χ0v) is 12.7. The molecule has 0 aliphatic heterocycles. The number of aromatic nitrogens is 4. The first-order valence-corrected chi connectivity index (χ1v) is 7.10. The summed E-state index contributed by atoms with van der Waals surface area (Å²) in [6.45, 7) is 2.64. The minimum atomic E-state index is -2.64. The number of carbonyl (C=O) groups is 1. The quantitative estimate of drug-likeness (QED) is 0.791. The van der Waals surface area contributed by atoms with Crippen molar-refractivity contribution in [1.82, 2.24) is 24.9 Å². The van der Waals surface area contributed by atoms with E-state index in [-0.39, 0.29) is 18.1 Å². The fourth-order valence-electron chi connectivity index (χ4n) is 1.92. The summed E-state index contributed by atoms with van der Waals surface area (Å²) in [5.74, 6) is -0.273. The Hall–Kier alpha value is -1.96. The molecule has 6 nitrogen and oxygen atoms in total. The lowest BCUT2D eigenvalue weighted by Crippen LogP contribution is -2.29. The molecule has 120 valence electrons. The monoisotopic (exact) mass is 331 g/mol. The summed E-state index contributed by atoms with van der Waals surface area (Å²) < 4.78 is 28.0. The van der Waals surface area contributed by atoms with Gasteiger partial charge in [0.15, 0.2) is 0 Å². The summed E-state index contributed by atoms with van der Waals surface area (Å²) in [5.41, 5.74) is 0.206. The van der Waals surface area contributed by atoms with Crippen molar-refractivity contribution in [2.45, 2.75) is 32.9 Å². The lowest BCUT2D eigenvalue weighted by Gasteiger charge is -2.07. The molecule has 0 unspecified atom stereocenters. The van der Waals surface area contributed by atoms with Gasteiger partial charge >= 0.3 is 0 Å². The maximum atomic E-state index is 12.5. The molecule has 0 saturated carbocycles. The van der Waals surface area contributed by atoms with E-state index in [2.05, 4.69) is 15.5 Å². The molecule has 0 atom stereocenters. The molecule has 0 radical (unpaired) electrons. The van der Waals surface area contributed by atoms with Crippen LogP contribution in [0.1, 0.15) is 24.2 Å². The zero-order chi connectivity index (χ0) is 16.1. The normalized spacial score (nSPS) is 11.1. The molecule has 0 saturated heterocycles. The molecular formula is C13H16ClF2N5O. The highest BCUT2D eigenvalue weighted by Crippen LogP contribution is 2.17. The van der Waals surface area contributed by atoms with Crippen molar-refractivity contribution in [2.75, 3.05) is 6.54 Å². The van der Waals surface area contributed by atoms with Crippen LogP contribution in [0.15, 0.2) is 18.5 Å². The Morgan fingerprint density at radius 1 is 1.50 bits per heavy atom. The first-order chi connectivity index (χ1) is 10.5. The molecule has 9 heteroatoms. The predicted molar refractivity (Wildman–Crippen MR) is 76.8 cm³/mol. The molecule has 0 bridgehead atoms. The van der Waals surface area contributed by atoms with Gasteiger partial charge in [0.25, 0.3) is 6.43 Å². The Labute approximate surface area is 131 Å². The van der Waals surface area contributed by atoms with E-state index in [1.54, 1.807) is 24.0 Å². The summed E-state index contributed by atoms with van der Waals surface area (Å²) in [7, 11) is 0. The van der Waals surface area contributed by atoms with Gasteiger partial charge in [-0.3, -0.25) is 14.2 Å². The average Bonchev–Trinajstić information content (AvgIpc) is 3.02. The maximum absolute atomic E-state index is 12.5. The molecule has 22 heavy (non-hydrogen) atoms. The molecule has 2 aromatic heterocycles. The van der Waals surface area contributed by atoms with Crippen LogP contribution in [-0.2, 0) is 17.9 Å². The number of hydrogen-bond donors (Lipinski definition) is 1. The van der Waals surface area contributed by atoms with Crippen molar-refractivity contribution in [3.63, 3.8) is 0 Å². The molecule has 2 aromatic rings. The number of hydrogen-bond acceptors (Lipinski definition) is 3. The highest BCUT2D eigenvalue weighted by molar-refractivity contribution is 6.30. The number of carbonyl (C=O) groups excluding carboxylic acids is 1. The number of rotatable bonds is 7. The topological polar surface area (TPSA) is 64.7 Å². The van der Waals surface area contributed by atoms with Crippen molar-refractivity contribution in [3.8, 4) is 0 Å². The zero-order valence-electron chi connectivity index (χ0n) is 12.0. The first kappa shape index (κ1) is 16.4. The second-order valence-electron chi connectivity index (χ2n) is 4.79. The molecule has 0 aliphatic rings. The van der Waals surface area contributed by atoms with Crippen LogP contribution in [0.25, 0.3) is 0 Å². The second kappa shape index (κ2) is 7.35. The number of nitrogens with one attached hydrogen (secondary N) is 1. The number of aryl methyl sites for hydroxylation is 2. The van der Waals surface area contributed by atoms with Crippen molar-refractivity contribution in [2.24, 2.45) is 0 Å². The van der Waals surface area contributed by atoms with Gasteiger partial charge in [0.05, 0.1) is 11.2 Å². The third-order valence-electron chi connectivity index (χ3n) is 3.00. The lowest BCUT2D eigenvalue weighted by atomic mass is 10.4. The SMILES string of the molecule is Cc1cc(C(F)F)nn1CC(=O)NCCCn1cc(Cl)cn1. The molecule has 2 rings (SSSR count). The van der Waals surface area contributed by atoms with E-state index in [0.717, 1.165) is 0 Å². The first-order valence-electron chi connectivity index (χ1n) is 6.73. The Balaban J connectivity index is 1.73. The minimum Gasteiger partial charge on any atom is -0.354 e. The number of nitrogens with zero attached hydrogens (tertiary/aromatic N) is 4. The van der Waals surface area contributed by atoms with E-state index in [4.69, 9.17) is 11.6 Å². The summed E-state index contributed by atoms with van der Waals surface area (Å²) in [6, 6.07) is 1.28. The summed E-state index contributed by atoms with van der Waals surface area (Å²) in [5, 5.41) is 11.0. The average molecular weight is 332 g/mol. The van der Waals surface area contributed by atoms with E-state index < -0.39 is 6.43 Å². The smallest absolute Gasteiger partial charge is 0.282 e. The summed E-state index contributed by atoms with van der Waals surface area (Å²) in [6.07, 6.45) is 1.29. The number of amides is 1. The van der Waals surface area contributed by atoms with Gasteiger partial charge in [-0.05, 0) is 19.4 Å². The standard InChI is InChI=1S/C13H16ClF2N5O/c1-9-5-11(13(15)16)19-21(9)8-12(22)17-3-2-4-20-7-10(14)6-18-20/h5-7,13H,2-4,8H2,1H3,(H,17,22). The Morgan fingerprint density at radius 3 is 2.86 bits per heavy atom. The highest BCUT2D eigenvalue weighted by Gasteiger charge is 2.14. The van der Waals surface area contributed by atoms with Crippen molar-refractivity contribution >= 4 is 17.5 Å². The fourth-order valence-corrected chi connectivity index (χ4v) is 2.08. The van der Waals surface area contributed by atoms with Gasteiger partial charge in [-0.1, -0.05) is 11.6 Å². The van der Waals surface area contributed by atoms with Crippen molar-refractivity contribution in [3.05, 3.63) is 34.9 Å². The fraction of sp³-hybridized carbons (Fsp3) is 0.462. The summed E-state index contributed by atoms with van der Waals surface area (Å²) >= 11 is 5.74. The number of halogens is 3. The van der Waals surface area contributed by atoms with Gasteiger partial charge in [0.1, 0.15) is 12.2 Å². The van der Waals surface area contributed by atoms with E-state index in [0.29, 0.717) is 30.2 Å². The Kier molecular flexibility index (Phi) is 5.48. The molecule has 0 aliphatic carbocycles. The van der Waals surface area contributed by atoms with Crippen LogP contribution >= 0.6 is 11.6 Å². The number of alkyl halides is 2. The van der Waals surface area contributed by atoms with Gasteiger partial charge in [0, 0.05) is 25.0 Å². The van der Waals surface area contributed by atoms with Crippen LogP contribution < -0.4 is 5.32 Å². The predicted octanol–water partition coefficient (Wildman–Crippen LogP) is 2.19. The molecule has 0 fully saturated rings. The summed E-state index contributed by atoms with van der Waals surface area (Å²) in [4.78, 5) is 11.8. The van der Waals surface area contributed by atoms with E-state index in [9.17, 15) is 13.6 Å². The lowest BCUT2D eigenvalue weighted by molar-refractivity contribution is -0.121.